The third kappa shape index (κ3) is 3.22. The van der Waals surface area contributed by atoms with Crippen LogP contribution in [0.4, 0.5) is 0 Å². The molecule has 2 nitrogen and oxygen atoms in total. The van der Waals surface area contributed by atoms with E-state index in [1.54, 1.807) is 6.08 Å². The van der Waals surface area contributed by atoms with Crippen LogP contribution < -0.4 is 15.9 Å². The number of esters is 1. The van der Waals surface area contributed by atoms with E-state index in [2.05, 4.69) is 91.0 Å². The van der Waals surface area contributed by atoms with Gasteiger partial charge in [0.1, 0.15) is 0 Å². The van der Waals surface area contributed by atoms with E-state index in [0.717, 1.165) is 25.2 Å². The fraction of sp³-hybridized carbons (Fsp3) is 0.192. The van der Waals surface area contributed by atoms with Crippen molar-refractivity contribution in [2.45, 2.75) is 12.8 Å². The molecule has 0 atom stereocenters. The Morgan fingerprint density at radius 3 is 1.66 bits per heavy atom. The summed E-state index contributed by atoms with van der Waals surface area (Å²) in [6, 6.07) is 32.9. The van der Waals surface area contributed by atoms with Crippen molar-refractivity contribution >= 4 is 28.5 Å². The molecular formula is C26H27O2P. The fourth-order valence-corrected chi connectivity index (χ4v) is 12.1. The first-order valence-electron chi connectivity index (χ1n) is 10.1. The number of ether oxygens (including phenoxy) is 1. The van der Waals surface area contributed by atoms with Gasteiger partial charge in [-0.2, -0.15) is 0 Å². The molecular weight excluding hydrogens is 375 g/mol. The van der Waals surface area contributed by atoms with Gasteiger partial charge in [-0.25, -0.2) is 0 Å². The summed E-state index contributed by atoms with van der Waals surface area (Å²) >= 11 is 0. The molecule has 1 fully saturated rings. The topological polar surface area (TPSA) is 26.3 Å². The zero-order valence-electron chi connectivity index (χ0n) is 16.8. The Hall–Kier alpha value is -2.70. The van der Waals surface area contributed by atoms with Gasteiger partial charge in [0.15, 0.2) is 0 Å². The molecule has 0 amide bonds. The molecule has 1 heterocycles. The Morgan fingerprint density at radius 2 is 1.24 bits per heavy atom. The van der Waals surface area contributed by atoms with Gasteiger partial charge in [-0.15, -0.1) is 0 Å². The van der Waals surface area contributed by atoms with E-state index in [4.69, 9.17) is 4.74 Å². The van der Waals surface area contributed by atoms with Gasteiger partial charge in [-0.3, -0.25) is 0 Å². The van der Waals surface area contributed by atoms with Crippen molar-refractivity contribution in [1.29, 1.82) is 0 Å². The number of methoxy groups -OCH3 is 1. The van der Waals surface area contributed by atoms with Crippen molar-refractivity contribution in [3.8, 4) is 0 Å². The monoisotopic (exact) mass is 402 g/mol. The van der Waals surface area contributed by atoms with E-state index < -0.39 is 6.60 Å². The maximum atomic E-state index is 12.1. The number of carbonyl (C=O) groups is 1. The van der Waals surface area contributed by atoms with Gasteiger partial charge >= 0.3 is 173 Å². The molecule has 3 heteroatoms. The maximum absolute atomic E-state index is 12.1. The van der Waals surface area contributed by atoms with Gasteiger partial charge in [-0.05, 0) is 0 Å². The third-order valence-corrected chi connectivity index (χ3v) is 13.4. The normalized spacial score (nSPS) is 20.3. The summed E-state index contributed by atoms with van der Waals surface area (Å²) in [7, 11) is 1.45. The van der Waals surface area contributed by atoms with E-state index in [-0.39, 0.29) is 5.97 Å². The van der Waals surface area contributed by atoms with Crippen molar-refractivity contribution in [3.05, 3.63) is 103 Å². The molecule has 3 aromatic carbocycles. The van der Waals surface area contributed by atoms with E-state index >= 15 is 0 Å². The molecule has 3 aromatic rings. The quantitative estimate of drug-likeness (QED) is 0.367. The van der Waals surface area contributed by atoms with E-state index in [1.807, 2.05) is 0 Å². The number of allylic oxidation sites excluding steroid dienone is 1. The molecule has 0 unspecified atom stereocenters. The first kappa shape index (κ1) is 19.6. The molecule has 0 aromatic heterocycles. The Balaban J connectivity index is 2.08. The minimum atomic E-state index is -2.80. The van der Waals surface area contributed by atoms with Crippen LogP contribution in [0.1, 0.15) is 12.8 Å². The molecule has 29 heavy (non-hydrogen) atoms. The Labute approximate surface area is 173 Å². The standard InChI is InChI=1S/C26H27O2P/c1-28-26(27)20-22-12-11-19-29(21-22,23-13-5-2-6-14-23,24-15-7-3-8-16-24)25-17-9-4-10-18-25/h2-10,13-18,20H,11-12,19,21H2,1H3/b22-20+. The fourth-order valence-electron chi connectivity index (χ4n) is 5.08. The number of carbonyl (C=O) groups excluding carboxylic acids is 1. The third-order valence-electron chi connectivity index (χ3n) is 6.36. The van der Waals surface area contributed by atoms with Crippen molar-refractivity contribution in [2.75, 3.05) is 19.4 Å². The van der Waals surface area contributed by atoms with Gasteiger partial charge in [0.05, 0.1) is 0 Å². The minimum absolute atomic E-state index is 0.257. The Morgan fingerprint density at radius 1 is 0.793 bits per heavy atom. The zero-order valence-corrected chi connectivity index (χ0v) is 17.7. The first-order valence-corrected chi connectivity index (χ1v) is 12.7. The number of hydrogen-bond acceptors (Lipinski definition) is 2. The summed E-state index contributed by atoms with van der Waals surface area (Å²) in [6.07, 6.45) is 5.73. The summed E-state index contributed by atoms with van der Waals surface area (Å²) in [5, 5.41) is 4.18. The van der Waals surface area contributed by atoms with Crippen LogP contribution >= 0.6 is 6.60 Å². The zero-order chi connectivity index (χ0) is 20.2. The summed E-state index contributed by atoms with van der Waals surface area (Å²) in [4.78, 5) is 12.1. The van der Waals surface area contributed by atoms with Gasteiger partial charge in [0, 0.05) is 0 Å². The number of hydrogen-bond donors (Lipinski definition) is 0. The molecule has 4 rings (SSSR count). The summed E-state index contributed by atoms with van der Waals surface area (Å²) in [5.41, 5.74) is 1.19. The molecule has 0 radical (unpaired) electrons. The molecule has 1 aliphatic heterocycles. The second kappa shape index (κ2) is 7.97. The van der Waals surface area contributed by atoms with Crippen molar-refractivity contribution in [3.63, 3.8) is 0 Å². The van der Waals surface area contributed by atoms with Crippen LogP contribution in [0.15, 0.2) is 103 Å². The average Bonchev–Trinajstić information content (AvgIpc) is 2.81. The SMILES string of the molecule is COC(=O)/C=C1\CCCP(c2ccccc2)(c2ccccc2)(c2ccccc2)C1. The Bertz CT molecular complexity index is 911. The van der Waals surface area contributed by atoms with Crippen LogP contribution in [0.5, 0.6) is 0 Å². The second-order valence-corrected chi connectivity index (χ2v) is 13.2. The predicted molar refractivity (Wildman–Crippen MR) is 124 cm³/mol. The molecule has 0 bridgehead atoms. The van der Waals surface area contributed by atoms with E-state index in [9.17, 15) is 4.79 Å². The van der Waals surface area contributed by atoms with Crippen LogP contribution in [0.2, 0.25) is 0 Å². The average molecular weight is 402 g/mol. The molecule has 0 spiro atoms. The van der Waals surface area contributed by atoms with Gasteiger partial charge in [0.25, 0.3) is 0 Å². The van der Waals surface area contributed by atoms with Crippen molar-refractivity contribution in [1.82, 2.24) is 0 Å². The summed E-state index contributed by atoms with van der Waals surface area (Å²) in [5.74, 6) is -0.257. The van der Waals surface area contributed by atoms with Gasteiger partial charge < -0.3 is 0 Å². The van der Waals surface area contributed by atoms with E-state index in [0.29, 0.717) is 0 Å². The molecule has 0 aliphatic carbocycles. The van der Waals surface area contributed by atoms with E-state index in [1.165, 1.54) is 28.6 Å². The molecule has 1 aliphatic rings. The summed E-state index contributed by atoms with van der Waals surface area (Å²) < 4.78 is 4.97. The molecule has 0 saturated carbocycles. The van der Waals surface area contributed by atoms with Crippen LogP contribution in [-0.4, -0.2) is 25.4 Å². The Kier molecular flexibility index (Phi) is 5.39. The van der Waals surface area contributed by atoms with Crippen LogP contribution in [0.3, 0.4) is 0 Å². The molecule has 1 saturated heterocycles. The molecule has 148 valence electrons. The van der Waals surface area contributed by atoms with Gasteiger partial charge in [0.2, 0.25) is 0 Å². The molecule has 0 N–H and O–H groups in total. The van der Waals surface area contributed by atoms with Crippen molar-refractivity contribution in [2.24, 2.45) is 0 Å². The van der Waals surface area contributed by atoms with Crippen LogP contribution in [0, 0.1) is 0 Å². The number of benzene rings is 3. The van der Waals surface area contributed by atoms with Crippen LogP contribution in [-0.2, 0) is 9.53 Å². The van der Waals surface area contributed by atoms with Gasteiger partial charge in [-0.1, -0.05) is 0 Å². The van der Waals surface area contributed by atoms with Crippen LogP contribution in [0.25, 0.3) is 0 Å². The predicted octanol–water partition coefficient (Wildman–Crippen LogP) is 4.41. The second-order valence-electron chi connectivity index (χ2n) is 7.83. The summed E-state index contributed by atoms with van der Waals surface area (Å²) in [6.45, 7) is -2.80. The first-order chi connectivity index (χ1) is 14.2. The number of rotatable bonds is 4. The van der Waals surface area contributed by atoms with Crippen molar-refractivity contribution < 1.29 is 9.53 Å².